The van der Waals surface area contributed by atoms with Gasteiger partial charge in [0.25, 0.3) is 5.91 Å². The number of rotatable bonds is 4. The minimum absolute atomic E-state index is 0.399. The number of likely N-dealkylation sites (N-methyl/N-ethyl adjacent to an activating group) is 1. The number of hydrogen-bond donors (Lipinski definition) is 1. The van der Waals surface area contributed by atoms with Crippen molar-refractivity contribution in [3.8, 4) is 0 Å². The topological polar surface area (TPSA) is 66.5 Å². The second kappa shape index (κ2) is 5.45. The van der Waals surface area contributed by atoms with Crippen LogP contribution in [0.5, 0.6) is 0 Å². The lowest BCUT2D eigenvalue weighted by molar-refractivity contribution is -0.145. The standard InChI is InChI=1S/C15H18N2O3/c1-3-4-10-15(11-8-6-5-7-9-11)12(18)16-14(20)17(2)13(15)19/h5-9H,3-4,10H2,1-2H3,(H,16,18,20). The molecule has 1 aliphatic heterocycles. The molecule has 20 heavy (non-hydrogen) atoms. The third-order valence-electron chi connectivity index (χ3n) is 3.75. The Labute approximate surface area is 118 Å². The van der Waals surface area contributed by atoms with Crippen LogP contribution in [0.25, 0.3) is 0 Å². The summed E-state index contributed by atoms with van der Waals surface area (Å²) in [6.45, 7) is 2.00. The molecule has 0 radical (unpaired) electrons. The van der Waals surface area contributed by atoms with Gasteiger partial charge >= 0.3 is 6.03 Å². The Morgan fingerprint density at radius 2 is 1.80 bits per heavy atom. The minimum atomic E-state index is -1.29. The highest BCUT2D eigenvalue weighted by atomic mass is 16.2. The lowest BCUT2D eigenvalue weighted by atomic mass is 9.73. The van der Waals surface area contributed by atoms with Gasteiger partial charge in [-0.25, -0.2) is 4.79 Å². The Hall–Kier alpha value is -2.17. The first-order chi connectivity index (χ1) is 9.54. The van der Waals surface area contributed by atoms with E-state index in [1.54, 1.807) is 24.3 Å². The van der Waals surface area contributed by atoms with Gasteiger partial charge in [-0.05, 0) is 12.0 Å². The molecule has 5 nitrogen and oxygen atoms in total. The van der Waals surface area contributed by atoms with Crippen molar-refractivity contribution in [3.63, 3.8) is 0 Å². The van der Waals surface area contributed by atoms with Gasteiger partial charge < -0.3 is 0 Å². The average molecular weight is 274 g/mol. The first-order valence-corrected chi connectivity index (χ1v) is 6.73. The Morgan fingerprint density at radius 3 is 2.40 bits per heavy atom. The highest BCUT2D eigenvalue weighted by molar-refractivity contribution is 6.22. The van der Waals surface area contributed by atoms with Crippen LogP contribution < -0.4 is 5.32 Å². The summed E-state index contributed by atoms with van der Waals surface area (Å²) in [5.74, 6) is -0.976. The molecule has 0 aromatic heterocycles. The van der Waals surface area contributed by atoms with E-state index in [0.29, 0.717) is 12.0 Å². The predicted molar refractivity (Wildman–Crippen MR) is 74.0 cm³/mol. The van der Waals surface area contributed by atoms with Crippen molar-refractivity contribution in [1.82, 2.24) is 10.2 Å². The summed E-state index contributed by atoms with van der Waals surface area (Å²) >= 11 is 0. The number of hydrogen-bond acceptors (Lipinski definition) is 3. The maximum absolute atomic E-state index is 12.6. The van der Waals surface area contributed by atoms with E-state index >= 15 is 0 Å². The summed E-state index contributed by atoms with van der Waals surface area (Å²) in [4.78, 5) is 37.6. The van der Waals surface area contributed by atoms with Gasteiger partial charge in [-0.15, -0.1) is 0 Å². The van der Waals surface area contributed by atoms with Crippen molar-refractivity contribution < 1.29 is 14.4 Å². The molecule has 1 atom stereocenters. The highest BCUT2D eigenvalue weighted by Gasteiger charge is 2.53. The molecule has 4 amide bonds. The van der Waals surface area contributed by atoms with Gasteiger partial charge in [-0.2, -0.15) is 0 Å². The van der Waals surface area contributed by atoms with Crippen molar-refractivity contribution in [1.29, 1.82) is 0 Å². The smallest absolute Gasteiger partial charge is 0.276 e. The second-order valence-electron chi connectivity index (χ2n) is 5.00. The molecule has 1 aromatic rings. The Morgan fingerprint density at radius 1 is 1.15 bits per heavy atom. The van der Waals surface area contributed by atoms with Crippen molar-refractivity contribution in [3.05, 3.63) is 35.9 Å². The van der Waals surface area contributed by atoms with Crippen LogP contribution in [-0.2, 0) is 15.0 Å². The fraction of sp³-hybridized carbons (Fsp3) is 0.400. The van der Waals surface area contributed by atoms with Gasteiger partial charge in [0.15, 0.2) is 5.41 Å². The van der Waals surface area contributed by atoms with Crippen LogP contribution in [-0.4, -0.2) is 29.8 Å². The number of carbonyl (C=O) groups excluding carboxylic acids is 3. The first kappa shape index (κ1) is 14.2. The quantitative estimate of drug-likeness (QED) is 0.852. The SMILES string of the molecule is CCCCC1(c2ccccc2)C(=O)NC(=O)N(C)C1=O. The zero-order valence-electron chi connectivity index (χ0n) is 11.7. The van der Waals surface area contributed by atoms with E-state index in [9.17, 15) is 14.4 Å². The lowest BCUT2D eigenvalue weighted by Crippen LogP contribution is -2.64. The van der Waals surface area contributed by atoms with Gasteiger partial charge in [-0.3, -0.25) is 19.8 Å². The molecule has 1 unspecified atom stereocenters. The molecule has 0 spiro atoms. The number of amides is 4. The third-order valence-corrected chi connectivity index (χ3v) is 3.75. The fourth-order valence-corrected chi connectivity index (χ4v) is 2.55. The van der Waals surface area contributed by atoms with Crippen molar-refractivity contribution >= 4 is 17.8 Å². The molecular weight excluding hydrogens is 256 g/mol. The van der Waals surface area contributed by atoms with Crippen LogP contribution in [0.4, 0.5) is 4.79 Å². The summed E-state index contributed by atoms with van der Waals surface area (Å²) in [6, 6.07) is 8.27. The van der Waals surface area contributed by atoms with Crippen LogP contribution in [0.15, 0.2) is 30.3 Å². The van der Waals surface area contributed by atoms with E-state index in [4.69, 9.17) is 0 Å². The van der Waals surface area contributed by atoms with Crippen molar-refractivity contribution in [2.24, 2.45) is 0 Å². The molecule has 106 valence electrons. The number of nitrogens with one attached hydrogen (secondary N) is 1. The number of barbiturate groups is 1. The third kappa shape index (κ3) is 2.09. The van der Waals surface area contributed by atoms with Crippen LogP contribution in [0.1, 0.15) is 31.7 Å². The molecule has 1 saturated heterocycles. The zero-order chi connectivity index (χ0) is 14.8. The van der Waals surface area contributed by atoms with Crippen molar-refractivity contribution in [2.45, 2.75) is 31.6 Å². The Bertz CT molecular complexity index is 541. The summed E-state index contributed by atoms with van der Waals surface area (Å²) in [5.41, 5.74) is -0.657. The van der Waals surface area contributed by atoms with Gasteiger partial charge in [0.1, 0.15) is 0 Å². The molecule has 5 heteroatoms. The second-order valence-corrected chi connectivity index (χ2v) is 5.00. The summed E-state index contributed by atoms with van der Waals surface area (Å²) < 4.78 is 0. The van der Waals surface area contributed by atoms with Gasteiger partial charge in [-0.1, -0.05) is 50.1 Å². The van der Waals surface area contributed by atoms with Gasteiger partial charge in [0.2, 0.25) is 5.91 Å². The van der Waals surface area contributed by atoms with E-state index in [2.05, 4.69) is 5.32 Å². The fourth-order valence-electron chi connectivity index (χ4n) is 2.55. The average Bonchev–Trinajstić information content (AvgIpc) is 2.46. The summed E-state index contributed by atoms with van der Waals surface area (Å²) in [5, 5.41) is 2.28. The molecule has 1 heterocycles. The highest BCUT2D eigenvalue weighted by Crippen LogP contribution is 2.34. The molecule has 1 aliphatic rings. The largest absolute Gasteiger partial charge is 0.330 e. The van der Waals surface area contributed by atoms with E-state index in [0.717, 1.165) is 17.7 Å². The molecular formula is C15H18N2O3. The number of unbranched alkanes of at least 4 members (excludes halogenated alkanes) is 1. The maximum atomic E-state index is 12.6. The molecule has 0 bridgehead atoms. The first-order valence-electron chi connectivity index (χ1n) is 6.73. The molecule has 1 N–H and O–H groups in total. The molecule has 1 aromatic carbocycles. The zero-order valence-corrected chi connectivity index (χ0v) is 11.7. The Balaban J connectivity index is 2.53. The number of nitrogens with zero attached hydrogens (tertiary/aromatic N) is 1. The van der Waals surface area contributed by atoms with Crippen LogP contribution in [0.3, 0.4) is 0 Å². The Kier molecular flexibility index (Phi) is 3.88. The maximum Gasteiger partial charge on any atom is 0.330 e. The summed E-state index contributed by atoms with van der Waals surface area (Å²) in [7, 11) is 1.40. The molecule has 1 fully saturated rings. The normalized spacial score (nSPS) is 22.9. The number of urea groups is 1. The lowest BCUT2D eigenvalue weighted by Gasteiger charge is -2.38. The molecule has 0 saturated carbocycles. The monoisotopic (exact) mass is 274 g/mol. The van der Waals surface area contributed by atoms with Crippen molar-refractivity contribution in [2.75, 3.05) is 7.05 Å². The van der Waals surface area contributed by atoms with E-state index in [1.165, 1.54) is 7.05 Å². The van der Waals surface area contributed by atoms with Crippen LogP contribution in [0, 0.1) is 0 Å². The van der Waals surface area contributed by atoms with E-state index < -0.39 is 23.3 Å². The predicted octanol–water partition coefficient (Wildman–Crippen LogP) is 1.82. The van der Waals surface area contributed by atoms with E-state index in [1.807, 2.05) is 13.0 Å². The molecule has 0 aliphatic carbocycles. The van der Waals surface area contributed by atoms with E-state index in [-0.39, 0.29) is 0 Å². The minimum Gasteiger partial charge on any atom is -0.276 e. The van der Waals surface area contributed by atoms with Crippen LogP contribution >= 0.6 is 0 Å². The van der Waals surface area contributed by atoms with Gasteiger partial charge in [0.05, 0.1) is 0 Å². The number of carbonyl (C=O) groups is 3. The van der Waals surface area contributed by atoms with Gasteiger partial charge in [0, 0.05) is 7.05 Å². The number of benzene rings is 1. The van der Waals surface area contributed by atoms with Crippen LogP contribution in [0.2, 0.25) is 0 Å². The summed E-state index contributed by atoms with van der Waals surface area (Å²) in [6.07, 6.45) is 2.00. The molecule has 2 rings (SSSR count). The number of imide groups is 2.